The molecule has 0 bridgehead atoms. The van der Waals surface area contributed by atoms with Crippen molar-refractivity contribution in [1.82, 2.24) is 0 Å². The zero-order valence-corrected chi connectivity index (χ0v) is 11.2. The first-order chi connectivity index (χ1) is 9.81. The molecule has 0 radical (unpaired) electrons. The summed E-state index contributed by atoms with van der Waals surface area (Å²) in [4.78, 5) is 4.34. The van der Waals surface area contributed by atoms with Crippen LogP contribution < -0.4 is 11.1 Å². The normalized spacial score (nSPS) is 14.1. The minimum atomic E-state index is 0.424. The fourth-order valence-electron chi connectivity index (χ4n) is 2.20. The van der Waals surface area contributed by atoms with Crippen molar-refractivity contribution in [3.63, 3.8) is 0 Å². The number of nitrogens with one attached hydrogen (secondary N) is 1. The van der Waals surface area contributed by atoms with Crippen LogP contribution >= 0.6 is 0 Å². The SMILES string of the molecule is NC(=NCc1ccccc1)Nc1ccc2c(c1)COC2. The molecular weight excluding hydrogens is 250 g/mol. The molecule has 3 rings (SSSR count). The van der Waals surface area contributed by atoms with Gasteiger partial charge in [0.1, 0.15) is 0 Å². The highest BCUT2D eigenvalue weighted by Gasteiger charge is 2.11. The second-order valence-corrected chi connectivity index (χ2v) is 4.79. The van der Waals surface area contributed by atoms with Crippen molar-refractivity contribution in [3.8, 4) is 0 Å². The molecule has 3 N–H and O–H groups in total. The summed E-state index contributed by atoms with van der Waals surface area (Å²) in [6.07, 6.45) is 0. The number of benzene rings is 2. The topological polar surface area (TPSA) is 59.6 Å². The predicted octanol–water partition coefficient (Wildman–Crippen LogP) is 2.64. The van der Waals surface area contributed by atoms with Crippen LogP contribution in [0.5, 0.6) is 0 Å². The average Bonchev–Trinajstić information content (AvgIpc) is 2.94. The number of nitrogens with two attached hydrogens (primary N) is 1. The number of guanidine groups is 1. The van der Waals surface area contributed by atoms with E-state index in [1.165, 1.54) is 11.1 Å². The fraction of sp³-hybridized carbons (Fsp3) is 0.188. The third-order valence-corrected chi connectivity index (χ3v) is 3.27. The van der Waals surface area contributed by atoms with E-state index < -0.39 is 0 Å². The number of hydrogen-bond acceptors (Lipinski definition) is 2. The van der Waals surface area contributed by atoms with E-state index in [9.17, 15) is 0 Å². The quantitative estimate of drug-likeness (QED) is 0.664. The van der Waals surface area contributed by atoms with Gasteiger partial charge in [0.25, 0.3) is 0 Å². The molecule has 2 aromatic carbocycles. The van der Waals surface area contributed by atoms with Gasteiger partial charge < -0.3 is 15.8 Å². The maximum absolute atomic E-state index is 5.91. The second-order valence-electron chi connectivity index (χ2n) is 4.79. The van der Waals surface area contributed by atoms with Gasteiger partial charge in [0.2, 0.25) is 0 Å². The molecule has 20 heavy (non-hydrogen) atoms. The van der Waals surface area contributed by atoms with Crippen LogP contribution in [-0.2, 0) is 24.5 Å². The molecule has 0 amide bonds. The van der Waals surface area contributed by atoms with E-state index in [0.717, 1.165) is 11.3 Å². The molecular formula is C16H17N3O. The van der Waals surface area contributed by atoms with Crippen LogP contribution in [0.2, 0.25) is 0 Å². The second kappa shape index (κ2) is 5.75. The molecule has 0 aliphatic carbocycles. The molecule has 1 aliphatic rings. The first kappa shape index (κ1) is 12.7. The van der Waals surface area contributed by atoms with Gasteiger partial charge in [-0.1, -0.05) is 36.4 Å². The Balaban J connectivity index is 1.65. The highest BCUT2D eigenvalue weighted by atomic mass is 16.5. The average molecular weight is 267 g/mol. The molecule has 0 unspecified atom stereocenters. The summed E-state index contributed by atoms with van der Waals surface area (Å²) in [5.74, 6) is 0.424. The third kappa shape index (κ3) is 2.97. The molecule has 0 saturated carbocycles. The van der Waals surface area contributed by atoms with Crippen LogP contribution in [0.3, 0.4) is 0 Å². The summed E-state index contributed by atoms with van der Waals surface area (Å²) in [6.45, 7) is 1.95. The van der Waals surface area contributed by atoms with Crippen LogP contribution in [-0.4, -0.2) is 5.96 Å². The van der Waals surface area contributed by atoms with Crippen molar-refractivity contribution in [1.29, 1.82) is 0 Å². The first-order valence-corrected chi connectivity index (χ1v) is 6.62. The highest BCUT2D eigenvalue weighted by molar-refractivity contribution is 5.92. The molecule has 0 atom stereocenters. The Morgan fingerprint density at radius 3 is 2.75 bits per heavy atom. The van der Waals surface area contributed by atoms with Gasteiger partial charge in [-0.05, 0) is 28.8 Å². The summed E-state index contributed by atoms with van der Waals surface area (Å²) >= 11 is 0. The number of rotatable bonds is 3. The zero-order valence-electron chi connectivity index (χ0n) is 11.2. The van der Waals surface area contributed by atoms with Crippen LogP contribution in [0.15, 0.2) is 53.5 Å². The van der Waals surface area contributed by atoms with Crippen molar-refractivity contribution in [2.75, 3.05) is 5.32 Å². The monoisotopic (exact) mass is 267 g/mol. The maximum atomic E-state index is 5.91. The Hall–Kier alpha value is -2.33. The highest BCUT2D eigenvalue weighted by Crippen LogP contribution is 2.23. The van der Waals surface area contributed by atoms with Crippen molar-refractivity contribution >= 4 is 11.6 Å². The lowest BCUT2D eigenvalue weighted by Crippen LogP contribution is -2.22. The van der Waals surface area contributed by atoms with Crippen molar-refractivity contribution < 1.29 is 4.74 Å². The van der Waals surface area contributed by atoms with E-state index in [1.54, 1.807) is 0 Å². The van der Waals surface area contributed by atoms with Gasteiger partial charge in [-0.25, -0.2) is 4.99 Å². The van der Waals surface area contributed by atoms with Gasteiger partial charge in [0, 0.05) is 5.69 Å². The molecule has 4 heteroatoms. The van der Waals surface area contributed by atoms with Gasteiger partial charge in [0.05, 0.1) is 19.8 Å². The molecule has 0 aromatic heterocycles. The van der Waals surface area contributed by atoms with Gasteiger partial charge in [-0.2, -0.15) is 0 Å². The lowest BCUT2D eigenvalue weighted by Gasteiger charge is -2.07. The summed E-state index contributed by atoms with van der Waals surface area (Å²) in [7, 11) is 0. The minimum Gasteiger partial charge on any atom is -0.372 e. The van der Waals surface area contributed by atoms with E-state index in [4.69, 9.17) is 10.5 Å². The van der Waals surface area contributed by atoms with Crippen LogP contribution in [0.25, 0.3) is 0 Å². The number of nitrogens with zero attached hydrogens (tertiary/aromatic N) is 1. The Kier molecular flexibility index (Phi) is 3.65. The molecule has 1 heterocycles. The largest absolute Gasteiger partial charge is 0.372 e. The van der Waals surface area contributed by atoms with Gasteiger partial charge >= 0.3 is 0 Å². The Morgan fingerprint density at radius 2 is 1.90 bits per heavy atom. The minimum absolute atomic E-state index is 0.424. The first-order valence-electron chi connectivity index (χ1n) is 6.62. The number of fused-ring (bicyclic) bond motifs is 1. The molecule has 102 valence electrons. The predicted molar refractivity (Wildman–Crippen MR) is 80.3 cm³/mol. The number of aliphatic imine (C=N–C) groups is 1. The Bertz CT molecular complexity index is 623. The molecule has 0 fully saturated rings. The lowest BCUT2D eigenvalue weighted by atomic mass is 10.1. The molecule has 1 aliphatic heterocycles. The van der Waals surface area contributed by atoms with Gasteiger partial charge in [-0.3, -0.25) is 0 Å². The number of ether oxygens (including phenoxy) is 1. The number of hydrogen-bond donors (Lipinski definition) is 2. The maximum Gasteiger partial charge on any atom is 0.193 e. The summed E-state index contributed by atoms with van der Waals surface area (Å²) in [5, 5.41) is 3.11. The van der Waals surface area contributed by atoms with Gasteiger partial charge in [0.15, 0.2) is 5.96 Å². The lowest BCUT2D eigenvalue weighted by molar-refractivity contribution is 0.134. The van der Waals surface area contributed by atoms with Crippen LogP contribution in [0.4, 0.5) is 5.69 Å². The van der Waals surface area contributed by atoms with Crippen molar-refractivity contribution in [2.45, 2.75) is 19.8 Å². The van der Waals surface area contributed by atoms with Crippen LogP contribution in [0.1, 0.15) is 16.7 Å². The smallest absolute Gasteiger partial charge is 0.193 e. The third-order valence-electron chi connectivity index (χ3n) is 3.27. The summed E-state index contributed by atoms with van der Waals surface area (Å²) in [5.41, 5.74) is 10.5. The zero-order chi connectivity index (χ0) is 13.8. The summed E-state index contributed by atoms with van der Waals surface area (Å²) < 4.78 is 5.39. The van der Waals surface area contributed by atoms with Gasteiger partial charge in [-0.15, -0.1) is 0 Å². The summed E-state index contributed by atoms with van der Waals surface area (Å²) in [6, 6.07) is 16.2. The molecule has 0 saturated heterocycles. The number of anilines is 1. The fourth-order valence-corrected chi connectivity index (χ4v) is 2.20. The van der Waals surface area contributed by atoms with E-state index in [0.29, 0.717) is 25.7 Å². The van der Waals surface area contributed by atoms with E-state index in [2.05, 4.69) is 22.4 Å². The van der Waals surface area contributed by atoms with Crippen LogP contribution in [0, 0.1) is 0 Å². The Morgan fingerprint density at radius 1 is 1.10 bits per heavy atom. The molecule has 4 nitrogen and oxygen atoms in total. The van der Waals surface area contributed by atoms with E-state index >= 15 is 0 Å². The van der Waals surface area contributed by atoms with E-state index in [1.807, 2.05) is 36.4 Å². The molecule has 0 spiro atoms. The molecule has 2 aromatic rings. The Labute approximate surface area is 118 Å². The standard InChI is InChI=1S/C16H17N3O/c17-16(18-9-12-4-2-1-3-5-12)19-15-7-6-13-10-20-11-14(13)8-15/h1-8H,9-11H2,(H3,17,18,19). The van der Waals surface area contributed by atoms with Crippen molar-refractivity contribution in [2.24, 2.45) is 10.7 Å². The van der Waals surface area contributed by atoms with Crippen molar-refractivity contribution in [3.05, 3.63) is 65.2 Å². The van der Waals surface area contributed by atoms with E-state index in [-0.39, 0.29) is 0 Å².